The number of hydrogen-bond acceptors (Lipinski definition) is 3. The van der Waals surface area contributed by atoms with Crippen molar-refractivity contribution in [1.29, 1.82) is 0 Å². The lowest BCUT2D eigenvalue weighted by Crippen LogP contribution is -2.09. The summed E-state index contributed by atoms with van der Waals surface area (Å²) in [6.07, 6.45) is 0. The van der Waals surface area contributed by atoms with Gasteiger partial charge in [-0.05, 0) is 144 Å². The lowest BCUT2D eigenvalue weighted by Gasteiger charge is -2.26. The number of hydrogen-bond donors (Lipinski definition) is 0. The van der Waals surface area contributed by atoms with Crippen molar-refractivity contribution >= 4 is 71.3 Å². The van der Waals surface area contributed by atoms with Crippen molar-refractivity contribution in [2.75, 3.05) is 4.90 Å². The van der Waals surface area contributed by atoms with Crippen LogP contribution in [0.2, 0.25) is 0 Å². The van der Waals surface area contributed by atoms with Gasteiger partial charge < -0.3 is 9.32 Å². The fraction of sp³-hybridized carbons (Fsp3) is 0. The lowest BCUT2D eigenvalue weighted by molar-refractivity contribution is 0.620. The van der Waals surface area contributed by atoms with Crippen LogP contribution >= 0.6 is 0 Å². The molecule has 0 unspecified atom stereocenters. The van der Waals surface area contributed by atoms with E-state index in [1.54, 1.807) is 0 Å². The Morgan fingerprint density at radius 1 is 0.321 bits per heavy atom. The predicted molar refractivity (Wildman–Crippen MR) is 235 cm³/mol. The third-order valence-corrected chi connectivity index (χ3v) is 11.0. The van der Waals surface area contributed by atoms with Gasteiger partial charge in [-0.15, -0.1) is 0 Å². The zero-order chi connectivity index (χ0) is 37.0. The van der Waals surface area contributed by atoms with Crippen LogP contribution in [-0.4, -0.2) is 4.98 Å². The van der Waals surface area contributed by atoms with Gasteiger partial charge in [0.1, 0.15) is 5.52 Å². The Morgan fingerprint density at radius 3 is 1.41 bits per heavy atom. The Bertz CT molecular complexity index is 3220. The first-order valence-electron chi connectivity index (χ1n) is 19.0. The molecule has 3 nitrogen and oxygen atoms in total. The zero-order valence-corrected chi connectivity index (χ0v) is 30.4. The molecule has 0 aliphatic carbocycles. The van der Waals surface area contributed by atoms with Crippen molar-refractivity contribution in [3.63, 3.8) is 0 Å². The molecule has 0 saturated carbocycles. The van der Waals surface area contributed by atoms with Crippen LogP contribution in [0.5, 0.6) is 0 Å². The van der Waals surface area contributed by atoms with Gasteiger partial charge in [0.2, 0.25) is 5.89 Å². The summed E-state index contributed by atoms with van der Waals surface area (Å²) in [6.45, 7) is 0. The first-order valence-corrected chi connectivity index (χ1v) is 19.0. The van der Waals surface area contributed by atoms with Crippen molar-refractivity contribution in [3.05, 3.63) is 206 Å². The van der Waals surface area contributed by atoms with Gasteiger partial charge in [0.15, 0.2) is 5.58 Å². The maximum atomic E-state index is 6.11. The second kappa shape index (κ2) is 13.1. The Kier molecular flexibility index (Phi) is 7.49. The second-order valence-corrected chi connectivity index (χ2v) is 14.4. The molecule has 10 aromatic carbocycles. The van der Waals surface area contributed by atoms with E-state index in [1.807, 2.05) is 24.3 Å². The number of rotatable bonds is 6. The number of benzene rings is 10. The predicted octanol–water partition coefficient (Wildman–Crippen LogP) is 14.9. The number of para-hydroxylation sites is 2. The average Bonchev–Trinajstić information content (AvgIpc) is 3.71. The van der Waals surface area contributed by atoms with Crippen LogP contribution in [0.3, 0.4) is 0 Å². The maximum Gasteiger partial charge on any atom is 0.227 e. The fourth-order valence-electron chi connectivity index (χ4n) is 8.11. The van der Waals surface area contributed by atoms with E-state index in [4.69, 9.17) is 9.40 Å². The van der Waals surface area contributed by atoms with E-state index >= 15 is 0 Å². The molecule has 262 valence electrons. The van der Waals surface area contributed by atoms with Crippen LogP contribution in [0.4, 0.5) is 17.1 Å². The monoisotopic (exact) mass is 714 g/mol. The van der Waals surface area contributed by atoms with E-state index in [9.17, 15) is 0 Å². The molecular formula is C53H34N2O. The van der Waals surface area contributed by atoms with E-state index in [0.29, 0.717) is 5.89 Å². The minimum Gasteiger partial charge on any atom is -0.436 e. The van der Waals surface area contributed by atoms with Crippen LogP contribution in [0, 0.1) is 0 Å². The highest BCUT2D eigenvalue weighted by Gasteiger charge is 2.16. The standard InChI is InChI=1S/C53H34N2O/c1-3-9-39-31-41(15-13-35(39)7-1)37-19-24-46(25-20-37)55(47-26-21-38(22-27-47)53-54-51-11-5-6-12-52(51)56-53)48-28-30-50-45(34-48)18-17-44-33-43(23-29-49(44)50)42-16-14-36-8-2-4-10-40(36)32-42/h1-34H. The number of aromatic nitrogens is 1. The highest BCUT2D eigenvalue weighted by atomic mass is 16.3. The molecule has 0 saturated heterocycles. The van der Waals surface area contributed by atoms with Gasteiger partial charge >= 0.3 is 0 Å². The van der Waals surface area contributed by atoms with Crippen molar-refractivity contribution in [2.24, 2.45) is 0 Å². The van der Waals surface area contributed by atoms with Crippen LogP contribution in [-0.2, 0) is 0 Å². The Hall–Kier alpha value is -7.49. The SMILES string of the molecule is c1ccc2cc(-c3ccc(N(c4ccc(-c5nc6ccccc6o5)cc4)c4ccc5c(ccc6cc(-c7ccc8ccccc8c7)ccc65)c4)cc3)ccc2c1. The molecule has 0 aliphatic rings. The molecule has 11 rings (SSSR count). The summed E-state index contributed by atoms with van der Waals surface area (Å²) in [6, 6.07) is 73.9. The van der Waals surface area contributed by atoms with Gasteiger partial charge in [0.25, 0.3) is 0 Å². The van der Waals surface area contributed by atoms with E-state index in [-0.39, 0.29) is 0 Å². The molecule has 0 amide bonds. The molecule has 1 heterocycles. The molecule has 0 N–H and O–H groups in total. The van der Waals surface area contributed by atoms with Crippen LogP contribution in [0.15, 0.2) is 211 Å². The number of nitrogens with zero attached hydrogens (tertiary/aromatic N) is 2. The Morgan fingerprint density at radius 2 is 0.768 bits per heavy atom. The third-order valence-electron chi connectivity index (χ3n) is 11.0. The zero-order valence-electron chi connectivity index (χ0n) is 30.4. The van der Waals surface area contributed by atoms with Gasteiger partial charge in [-0.1, -0.05) is 127 Å². The van der Waals surface area contributed by atoms with Crippen LogP contribution in [0.1, 0.15) is 0 Å². The quantitative estimate of drug-likeness (QED) is 0.161. The minimum absolute atomic E-state index is 0.616. The van der Waals surface area contributed by atoms with Crippen LogP contribution in [0.25, 0.3) is 87.9 Å². The second-order valence-electron chi connectivity index (χ2n) is 14.4. The average molecular weight is 715 g/mol. The van der Waals surface area contributed by atoms with E-state index in [0.717, 1.165) is 33.7 Å². The summed E-state index contributed by atoms with van der Waals surface area (Å²) in [5.74, 6) is 0.616. The lowest BCUT2D eigenvalue weighted by atomic mass is 9.96. The molecule has 0 spiro atoms. The third kappa shape index (κ3) is 5.66. The molecular weight excluding hydrogens is 681 g/mol. The molecule has 3 heteroatoms. The van der Waals surface area contributed by atoms with Crippen molar-refractivity contribution in [3.8, 4) is 33.7 Å². The summed E-state index contributed by atoms with van der Waals surface area (Å²) in [7, 11) is 0. The van der Waals surface area contributed by atoms with Gasteiger partial charge in [-0.3, -0.25) is 0 Å². The normalized spacial score (nSPS) is 11.6. The molecule has 11 aromatic rings. The van der Waals surface area contributed by atoms with Gasteiger partial charge in [-0.25, -0.2) is 4.98 Å². The highest BCUT2D eigenvalue weighted by Crippen LogP contribution is 2.40. The first-order chi connectivity index (χ1) is 27.7. The van der Waals surface area contributed by atoms with Gasteiger partial charge in [0, 0.05) is 22.6 Å². The van der Waals surface area contributed by atoms with E-state index in [1.165, 1.54) is 65.3 Å². The molecule has 0 fully saturated rings. The summed E-state index contributed by atoms with van der Waals surface area (Å²) in [5, 5.41) is 9.89. The van der Waals surface area contributed by atoms with E-state index in [2.05, 4.69) is 187 Å². The summed E-state index contributed by atoms with van der Waals surface area (Å²) >= 11 is 0. The molecule has 0 atom stereocenters. The molecule has 0 aliphatic heterocycles. The number of anilines is 3. The molecule has 0 bridgehead atoms. The topological polar surface area (TPSA) is 29.3 Å². The fourth-order valence-corrected chi connectivity index (χ4v) is 8.11. The van der Waals surface area contributed by atoms with Crippen molar-refractivity contribution < 1.29 is 4.42 Å². The molecule has 1 aromatic heterocycles. The molecule has 0 radical (unpaired) electrons. The Balaban J connectivity index is 0.983. The van der Waals surface area contributed by atoms with Crippen LogP contribution < -0.4 is 4.90 Å². The molecule has 56 heavy (non-hydrogen) atoms. The van der Waals surface area contributed by atoms with Crippen molar-refractivity contribution in [2.45, 2.75) is 0 Å². The summed E-state index contributed by atoms with van der Waals surface area (Å²) in [5.41, 5.74) is 10.6. The van der Waals surface area contributed by atoms with Gasteiger partial charge in [0.05, 0.1) is 0 Å². The number of oxazole rings is 1. The number of fused-ring (bicyclic) bond motifs is 6. The minimum atomic E-state index is 0.616. The van der Waals surface area contributed by atoms with Gasteiger partial charge in [-0.2, -0.15) is 0 Å². The largest absolute Gasteiger partial charge is 0.436 e. The first kappa shape index (κ1) is 32.0. The van der Waals surface area contributed by atoms with E-state index < -0.39 is 0 Å². The maximum absolute atomic E-state index is 6.11. The Labute approximate surface area is 324 Å². The highest BCUT2D eigenvalue weighted by molar-refractivity contribution is 6.09. The van der Waals surface area contributed by atoms with Crippen molar-refractivity contribution in [1.82, 2.24) is 4.98 Å². The smallest absolute Gasteiger partial charge is 0.227 e. The summed E-state index contributed by atoms with van der Waals surface area (Å²) < 4.78 is 6.11. The summed E-state index contributed by atoms with van der Waals surface area (Å²) in [4.78, 5) is 7.07.